The number of urea groups is 1. The highest BCUT2D eigenvalue weighted by Gasteiger charge is 2.02. The molecule has 0 atom stereocenters. The summed E-state index contributed by atoms with van der Waals surface area (Å²) in [6.45, 7) is 0.318. The molecule has 4 nitrogen and oxygen atoms in total. The molecule has 0 saturated carbocycles. The van der Waals surface area contributed by atoms with E-state index in [-0.39, 0.29) is 0 Å². The second-order valence-electron chi connectivity index (χ2n) is 2.68. The summed E-state index contributed by atoms with van der Waals surface area (Å²) < 4.78 is 4.98. The van der Waals surface area contributed by atoms with Gasteiger partial charge in [-0.15, -0.1) is 0 Å². The highest BCUT2D eigenvalue weighted by Crippen LogP contribution is 2.21. The van der Waals surface area contributed by atoms with Crippen molar-refractivity contribution in [3.8, 4) is 5.75 Å². The molecule has 1 aromatic rings. The van der Waals surface area contributed by atoms with Gasteiger partial charge < -0.3 is 15.8 Å². The van der Waals surface area contributed by atoms with Gasteiger partial charge in [0.25, 0.3) is 0 Å². The average Bonchev–Trinajstić information content (AvgIpc) is 2.15. The van der Waals surface area contributed by atoms with E-state index in [9.17, 15) is 4.79 Å². The zero-order chi connectivity index (χ0) is 10.6. The van der Waals surface area contributed by atoms with Crippen LogP contribution in [-0.4, -0.2) is 13.1 Å². The molecule has 0 bridgehead atoms. The van der Waals surface area contributed by atoms with Crippen molar-refractivity contribution in [1.29, 1.82) is 0 Å². The number of nitrogens with one attached hydrogen (secondary N) is 1. The summed E-state index contributed by atoms with van der Waals surface area (Å²) in [6.07, 6.45) is 0. The highest BCUT2D eigenvalue weighted by molar-refractivity contribution is 6.31. The third kappa shape index (κ3) is 2.81. The highest BCUT2D eigenvalue weighted by atomic mass is 35.5. The van der Waals surface area contributed by atoms with E-state index in [1.54, 1.807) is 25.3 Å². The molecule has 0 aliphatic carbocycles. The average molecular weight is 215 g/mol. The summed E-state index contributed by atoms with van der Waals surface area (Å²) in [5, 5.41) is 2.99. The van der Waals surface area contributed by atoms with Crippen molar-refractivity contribution in [2.45, 2.75) is 6.54 Å². The van der Waals surface area contributed by atoms with Crippen molar-refractivity contribution >= 4 is 17.6 Å². The maximum atomic E-state index is 10.5. The number of hydrogen-bond donors (Lipinski definition) is 2. The molecule has 0 saturated heterocycles. The molecule has 76 valence electrons. The fraction of sp³-hybridized carbons (Fsp3) is 0.222. The minimum absolute atomic E-state index is 0.318. The quantitative estimate of drug-likeness (QED) is 0.801. The van der Waals surface area contributed by atoms with E-state index in [2.05, 4.69) is 5.32 Å². The van der Waals surface area contributed by atoms with E-state index >= 15 is 0 Å². The van der Waals surface area contributed by atoms with Gasteiger partial charge in [-0.2, -0.15) is 0 Å². The number of nitrogens with two attached hydrogens (primary N) is 1. The lowest BCUT2D eigenvalue weighted by Crippen LogP contribution is -2.28. The molecule has 2 amide bonds. The number of carbonyl (C=O) groups excluding carboxylic acids is 1. The molecule has 0 spiro atoms. The van der Waals surface area contributed by atoms with E-state index in [1.807, 2.05) is 0 Å². The van der Waals surface area contributed by atoms with Gasteiger partial charge >= 0.3 is 6.03 Å². The Morgan fingerprint density at radius 1 is 1.64 bits per heavy atom. The van der Waals surface area contributed by atoms with Crippen LogP contribution in [0.1, 0.15) is 5.56 Å². The van der Waals surface area contributed by atoms with Gasteiger partial charge in [0.15, 0.2) is 0 Å². The number of ether oxygens (including phenoxy) is 1. The number of halogens is 1. The smallest absolute Gasteiger partial charge is 0.312 e. The van der Waals surface area contributed by atoms with Gasteiger partial charge in [0.2, 0.25) is 0 Å². The van der Waals surface area contributed by atoms with Crippen LogP contribution in [0.3, 0.4) is 0 Å². The topological polar surface area (TPSA) is 64.3 Å². The van der Waals surface area contributed by atoms with Crippen molar-refractivity contribution in [3.63, 3.8) is 0 Å². The monoisotopic (exact) mass is 214 g/mol. The molecule has 14 heavy (non-hydrogen) atoms. The molecule has 0 aromatic heterocycles. The zero-order valence-corrected chi connectivity index (χ0v) is 8.47. The minimum Gasteiger partial charge on any atom is -0.497 e. The third-order valence-electron chi connectivity index (χ3n) is 1.71. The van der Waals surface area contributed by atoms with Crippen molar-refractivity contribution in [1.82, 2.24) is 5.32 Å². The first-order valence-corrected chi connectivity index (χ1v) is 4.37. The Balaban J connectivity index is 2.73. The van der Waals surface area contributed by atoms with Crippen LogP contribution in [0.2, 0.25) is 5.02 Å². The van der Waals surface area contributed by atoms with Crippen LogP contribution in [0.5, 0.6) is 5.75 Å². The second kappa shape index (κ2) is 4.72. The van der Waals surface area contributed by atoms with Crippen molar-refractivity contribution < 1.29 is 9.53 Å². The molecule has 0 unspecified atom stereocenters. The van der Waals surface area contributed by atoms with Crippen molar-refractivity contribution in [3.05, 3.63) is 28.8 Å². The molecule has 0 aliphatic rings. The maximum absolute atomic E-state index is 10.5. The summed E-state index contributed by atoms with van der Waals surface area (Å²) in [7, 11) is 1.56. The summed E-state index contributed by atoms with van der Waals surface area (Å²) >= 11 is 5.92. The predicted molar refractivity (Wildman–Crippen MR) is 54.4 cm³/mol. The Labute approximate surface area is 87.0 Å². The molecule has 0 aliphatic heterocycles. The molecule has 5 heteroatoms. The van der Waals surface area contributed by atoms with Crippen LogP contribution in [0, 0.1) is 0 Å². The molecule has 1 rings (SSSR count). The van der Waals surface area contributed by atoms with Crippen LogP contribution in [0.25, 0.3) is 0 Å². The zero-order valence-electron chi connectivity index (χ0n) is 7.71. The molecule has 0 radical (unpaired) electrons. The molecule has 0 heterocycles. The summed E-state index contributed by atoms with van der Waals surface area (Å²) in [4.78, 5) is 10.5. The largest absolute Gasteiger partial charge is 0.497 e. The summed E-state index contributed by atoms with van der Waals surface area (Å²) in [5.74, 6) is 0.679. The Morgan fingerprint density at radius 3 is 2.86 bits per heavy atom. The van der Waals surface area contributed by atoms with Gasteiger partial charge in [-0.1, -0.05) is 17.7 Å². The van der Waals surface area contributed by atoms with E-state index in [0.29, 0.717) is 17.3 Å². The normalized spacial score (nSPS) is 9.57. The fourth-order valence-electron chi connectivity index (χ4n) is 0.981. The molecule has 3 N–H and O–H groups in total. The standard InChI is InChI=1S/C9H11ClN2O2/c1-14-7-3-2-6(8(10)4-7)5-12-9(11)13/h2-4H,5H2,1H3,(H3,11,12,13). The van der Waals surface area contributed by atoms with E-state index < -0.39 is 6.03 Å². The molecular weight excluding hydrogens is 204 g/mol. The van der Waals surface area contributed by atoms with Gasteiger partial charge in [-0.3, -0.25) is 0 Å². The SMILES string of the molecule is COc1ccc(CNC(N)=O)c(Cl)c1. The molecule has 0 fully saturated rings. The summed E-state index contributed by atoms with van der Waals surface area (Å²) in [5.41, 5.74) is 5.73. The lowest BCUT2D eigenvalue weighted by atomic mass is 10.2. The van der Waals surface area contributed by atoms with Gasteiger partial charge in [0.1, 0.15) is 5.75 Å². The fourth-order valence-corrected chi connectivity index (χ4v) is 1.22. The number of methoxy groups -OCH3 is 1. The number of benzene rings is 1. The van der Waals surface area contributed by atoms with Crippen LogP contribution in [-0.2, 0) is 6.54 Å². The van der Waals surface area contributed by atoms with E-state index in [1.165, 1.54) is 0 Å². The number of hydrogen-bond acceptors (Lipinski definition) is 2. The van der Waals surface area contributed by atoms with Crippen molar-refractivity contribution in [2.75, 3.05) is 7.11 Å². The van der Waals surface area contributed by atoms with Crippen LogP contribution in [0.4, 0.5) is 4.79 Å². The van der Waals surface area contributed by atoms with Gasteiger partial charge in [-0.25, -0.2) is 4.79 Å². The first-order chi connectivity index (χ1) is 6.63. The van der Waals surface area contributed by atoms with Gasteiger partial charge in [0, 0.05) is 11.6 Å². The van der Waals surface area contributed by atoms with Crippen LogP contribution >= 0.6 is 11.6 Å². The number of carbonyl (C=O) groups is 1. The van der Waals surface area contributed by atoms with Gasteiger partial charge in [-0.05, 0) is 17.7 Å². The maximum Gasteiger partial charge on any atom is 0.312 e. The lowest BCUT2D eigenvalue weighted by molar-refractivity contribution is 0.248. The number of amides is 2. The Kier molecular flexibility index (Phi) is 3.59. The first-order valence-electron chi connectivity index (χ1n) is 3.99. The van der Waals surface area contributed by atoms with Gasteiger partial charge in [0.05, 0.1) is 7.11 Å². The number of rotatable bonds is 3. The molecular formula is C9H11ClN2O2. The minimum atomic E-state index is -0.572. The Hall–Kier alpha value is -1.42. The van der Waals surface area contributed by atoms with Crippen LogP contribution in [0.15, 0.2) is 18.2 Å². The Morgan fingerprint density at radius 2 is 2.36 bits per heavy atom. The van der Waals surface area contributed by atoms with E-state index in [0.717, 1.165) is 5.56 Å². The van der Waals surface area contributed by atoms with Crippen LogP contribution < -0.4 is 15.8 Å². The third-order valence-corrected chi connectivity index (χ3v) is 2.07. The predicted octanol–water partition coefficient (Wildman–Crippen LogP) is 1.52. The second-order valence-corrected chi connectivity index (χ2v) is 3.08. The molecule has 1 aromatic carbocycles. The number of primary amides is 1. The Bertz CT molecular complexity index is 342. The first kappa shape index (κ1) is 10.7. The van der Waals surface area contributed by atoms with E-state index in [4.69, 9.17) is 22.1 Å². The van der Waals surface area contributed by atoms with Crippen molar-refractivity contribution in [2.24, 2.45) is 5.73 Å². The summed E-state index contributed by atoms with van der Waals surface area (Å²) in [6, 6.07) is 4.65. The lowest BCUT2D eigenvalue weighted by Gasteiger charge is -2.06.